The van der Waals surface area contributed by atoms with Gasteiger partial charge in [0.1, 0.15) is 6.04 Å². The van der Waals surface area contributed by atoms with Crippen molar-refractivity contribution in [3.05, 3.63) is 29.8 Å². The topological polar surface area (TPSA) is 26.0 Å². The fourth-order valence-corrected chi connectivity index (χ4v) is 1.61. The maximum atomic E-state index is 12.2. The van der Waals surface area contributed by atoms with Crippen molar-refractivity contribution in [2.75, 3.05) is 0 Å². The van der Waals surface area contributed by atoms with Crippen LogP contribution in [0, 0.1) is 0 Å². The molecule has 0 aromatic heterocycles. The van der Waals surface area contributed by atoms with Crippen LogP contribution in [0.4, 0.5) is 26.3 Å². The van der Waals surface area contributed by atoms with E-state index in [1.165, 1.54) is 0 Å². The highest BCUT2D eigenvalue weighted by atomic mass is 35.5. The maximum absolute atomic E-state index is 12.2. The first-order valence-electron chi connectivity index (χ1n) is 4.27. The molecule has 0 spiro atoms. The molecule has 9 heteroatoms. The number of nitrogens with two attached hydrogens (primary N) is 1. The Labute approximate surface area is 109 Å². The summed E-state index contributed by atoms with van der Waals surface area (Å²) in [6, 6.07) is 1.60. The molecule has 0 aliphatic rings. The van der Waals surface area contributed by atoms with Gasteiger partial charge in [-0.2, -0.15) is 26.3 Å². The number of rotatable bonds is 2. The lowest BCUT2D eigenvalue weighted by Crippen LogP contribution is -2.28. The van der Waals surface area contributed by atoms with E-state index >= 15 is 0 Å². The Kier molecular flexibility index (Phi) is 5.83. The second kappa shape index (κ2) is 6.03. The summed E-state index contributed by atoms with van der Waals surface area (Å²) < 4.78 is 72.4. The molecule has 0 amide bonds. The van der Waals surface area contributed by atoms with Crippen molar-refractivity contribution in [1.82, 2.24) is 0 Å². The number of thioether (sulfide) groups is 1. The van der Waals surface area contributed by atoms with Crippen molar-refractivity contribution in [3.8, 4) is 0 Å². The van der Waals surface area contributed by atoms with Crippen LogP contribution < -0.4 is 5.73 Å². The first kappa shape index (κ1) is 17.4. The van der Waals surface area contributed by atoms with Crippen molar-refractivity contribution in [1.29, 1.82) is 0 Å². The van der Waals surface area contributed by atoms with E-state index in [4.69, 9.17) is 5.73 Å². The standard InChI is InChI=1S/C9H7F6NS.ClH/c10-8(11,12)7(16)5-1-3-6(4-2-5)17-9(13,14)15;/h1-4,7H,16H2;1H/t7-;/m0./s1. The van der Waals surface area contributed by atoms with E-state index in [0.29, 0.717) is 0 Å². The third-order valence-corrected chi connectivity index (χ3v) is 2.56. The fourth-order valence-electron chi connectivity index (χ4n) is 1.07. The molecule has 0 saturated heterocycles. The highest BCUT2D eigenvalue weighted by Gasteiger charge is 2.37. The van der Waals surface area contributed by atoms with Gasteiger partial charge in [0.25, 0.3) is 0 Å². The van der Waals surface area contributed by atoms with Gasteiger partial charge in [0.15, 0.2) is 0 Å². The molecule has 1 nitrogen and oxygen atoms in total. The lowest BCUT2D eigenvalue weighted by molar-refractivity contribution is -0.149. The molecule has 1 atom stereocenters. The van der Waals surface area contributed by atoms with Crippen molar-refractivity contribution in [2.24, 2.45) is 5.73 Å². The Bertz CT molecular complexity index is 374. The van der Waals surface area contributed by atoms with E-state index in [-0.39, 0.29) is 22.9 Å². The van der Waals surface area contributed by atoms with E-state index in [1.54, 1.807) is 0 Å². The Morgan fingerprint density at radius 3 is 1.72 bits per heavy atom. The van der Waals surface area contributed by atoms with Crippen LogP contribution in [-0.4, -0.2) is 11.7 Å². The fraction of sp³-hybridized carbons (Fsp3) is 0.333. The molecule has 0 fully saturated rings. The largest absolute Gasteiger partial charge is 0.446 e. The minimum absolute atomic E-state index is 0. The van der Waals surface area contributed by atoms with Crippen molar-refractivity contribution in [3.63, 3.8) is 0 Å². The van der Waals surface area contributed by atoms with Crippen LogP contribution in [0.15, 0.2) is 29.2 Å². The van der Waals surface area contributed by atoms with Gasteiger partial charge in [-0.25, -0.2) is 0 Å². The second-order valence-electron chi connectivity index (χ2n) is 3.14. The van der Waals surface area contributed by atoms with Crippen LogP contribution >= 0.6 is 24.2 Å². The lowest BCUT2D eigenvalue weighted by atomic mass is 10.1. The summed E-state index contributed by atoms with van der Waals surface area (Å²) in [5.41, 5.74) is 0.157. The SMILES string of the molecule is Cl.N[C@@H](c1ccc(SC(F)(F)F)cc1)C(F)(F)F. The summed E-state index contributed by atoms with van der Waals surface area (Å²) in [4.78, 5) is -0.185. The van der Waals surface area contributed by atoms with Crippen molar-refractivity contribution in [2.45, 2.75) is 22.6 Å². The van der Waals surface area contributed by atoms with Gasteiger partial charge in [-0.15, -0.1) is 12.4 Å². The average Bonchev–Trinajstić information content (AvgIpc) is 2.14. The first-order chi connectivity index (χ1) is 7.59. The highest BCUT2D eigenvalue weighted by Crippen LogP contribution is 2.38. The van der Waals surface area contributed by atoms with Crippen LogP contribution in [0.5, 0.6) is 0 Å². The molecule has 0 aliphatic carbocycles. The number of hydrogen-bond acceptors (Lipinski definition) is 2. The number of hydrogen-bond donors (Lipinski definition) is 1. The smallest absolute Gasteiger partial charge is 0.316 e. The summed E-state index contributed by atoms with van der Waals surface area (Å²) in [7, 11) is 0. The predicted octanol–water partition coefficient (Wildman–Crippen LogP) is 4.28. The molecule has 104 valence electrons. The molecule has 0 bridgehead atoms. The van der Waals surface area contributed by atoms with Crippen LogP contribution in [0.1, 0.15) is 11.6 Å². The molecule has 0 heterocycles. The van der Waals surface area contributed by atoms with Gasteiger partial charge in [0, 0.05) is 4.90 Å². The monoisotopic (exact) mass is 311 g/mol. The first-order valence-corrected chi connectivity index (χ1v) is 5.09. The normalized spacial score (nSPS) is 13.9. The van der Waals surface area contributed by atoms with Gasteiger partial charge in [-0.3, -0.25) is 0 Å². The molecular weight excluding hydrogens is 304 g/mol. The minimum atomic E-state index is -4.61. The molecule has 1 aromatic carbocycles. The molecule has 0 aliphatic heterocycles. The zero-order chi connectivity index (χ0) is 13.3. The molecule has 1 aromatic rings. The molecule has 18 heavy (non-hydrogen) atoms. The number of halogens is 7. The lowest BCUT2D eigenvalue weighted by Gasteiger charge is -2.16. The molecule has 0 radical (unpaired) electrons. The Morgan fingerprint density at radius 2 is 1.39 bits per heavy atom. The third kappa shape index (κ3) is 5.36. The van der Waals surface area contributed by atoms with Gasteiger partial charge in [0.2, 0.25) is 0 Å². The van der Waals surface area contributed by atoms with Crippen molar-refractivity contribution >= 4 is 24.2 Å². The van der Waals surface area contributed by atoms with Crippen LogP contribution in [-0.2, 0) is 0 Å². The Balaban J connectivity index is 0.00000289. The highest BCUT2D eigenvalue weighted by molar-refractivity contribution is 8.00. The van der Waals surface area contributed by atoms with Gasteiger partial charge in [0.05, 0.1) is 0 Å². The average molecular weight is 312 g/mol. The van der Waals surface area contributed by atoms with Crippen LogP contribution in [0.25, 0.3) is 0 Å². The maximum Gasteiger partial charge on any atom is 0.446 e. The summed E-state index contributed by atoms with van der Waals surface area (Å²) >= 11 is -0.393. The van der Waals surface area contributed by atoms with Crippen LogP contribution in [0.2, 0.25) is 0 Å². The van der Waals surface area contributed by atoms with Gasteiger partial charge < -0.3 is 5.73 Å². The minimum Gasteiger partial charge on any atom is -0.316 e. The second-order valence-corrected chi connectivity index (χ2v) is 4.27. The molecule has 0 unspecified atom stereocenters. The van der Waals surface area contributed by atoms with E-state index < -0.39 is 29.5 Å². The van der Waals surface area contributed by atoms with Crippen LogP contribution in [0.3, 0.4) is 0 Å². The number of alkyl halides is 6. The zero-order valence-electron chi connectivity index (χ0n) is 8.55. The Hall–Kier alpha value is -0.600. The number of benzene rings is 1. The molecule has 1 rings (SSSR count). The summed E-state index contributed by atoms with van der Waals surface area (Å²) in [5.74, 6) is 0. The van der Waals surface area contributed by atoms with Crippen molar-refractivity contribution < 1.29 is 26.3 Å². The Morgan fingerprint density at radius 1 is 0.944 bits per heavy atom. The van der Waals surface area contributed by atoms with Gasteiger partial charge in [-0.05, 0) is 29.5 Å². The van der Waals surface area contributed by atoms with E-state index in [1.807, 2.05) is 0 Å². The van der Waals surface area contributed by atoms with E-state index in [0.717, 1.165) is 24.3 Å². The molecule has 0 saturated carbocycles. The van der Waals surface area contributed by atoms with Gasteiger partial charge in [-0.1, -0.05) is 12.1 Å². The summed E-state index contributed by atoms with van der Waals surface area (Å²) in [5, 5.41) is 0. The summed E-state index contributed by atoms with van der Waals surface area (Å²) in [6.45, 7) is 0. The zero-order valence-corrected chi connectivity index (χ0v) is 10.2. The van der Waals surface area contributed by atoms with E-state index in [9.17, 15) is 26.3 Å². The summed E-state index contributed by atoms with van der Waals surface area (Å²) in [6.07, 6.45) is -4.61. The predicted molar refractivity (Wildman–Crippen MR) is 58.6 cm³/mol. The van der Waals surface area contributed by atoms with E-state index in [2.05, 4.69) is 0 Å². The third-order valence-electron chi connectivity index (χ3n) is 1.83. The quantitative estimate of drug-likeness (QED) is 0.651. The molecule has 2 N–H and O–H groups in total. The molecular formula is C9H8ClF6NS. The van der Waals surface area contributed by atoms with Gasteiger partial charge >= 0.3 is 11.7 Å².